The van der Waals surface area contributed by atoms with E-state index < -0.39 is 0 Å². The summed E-state index contributed by atoms with van der Waals surface area (Å²) in [6.45, 7) is 8.72. The van der Waals surface area contributed by atoms with Crippen molar-refractivity contribution in [2.75, 3.05) is 6.61 Å². The van der Waals surface area contributed by atoms with E-state index in [-0.39, 0.29) is 17.8 Å². The Labute approximate surface area is 130 Å². The van der Waals surface area contributed by atoms with Crippen molar-refractivity contribution < 1.29 is 9.53 Å². The van der Waals surface area contributed by atoms with E-state index in [2.05, 4.69) is 39.8 Å². The average molecular weight is 302 g/mol. The van der Waals surface area contributed by atoms with Gasteiger partial charge in [0.2, 0.25) is 5.78 Å². The summed E-state index contributed by atoms with van der Waals surface area (Å²) in [5, 5.41) is 1.91. The number of Topliss-reactive ketones (excluding diaryl/α,β-unsaturated/α-hetero) is 1. The molecule has 0 saturated carbocycles. The second kappa shape index (κ2) is 6.44. The van der Waals surface area contributed by atoms with Gasteiger partial charge in [-0.3, -0.25) is 4.79 Å². The van der Waals surface area contributed by atoms with Gasteiger partial charge in [-0.2, -0.15) is 0 Å². The molecule has 2 nitrogen and oxygen atoms in total. The fourth-order valence-corrected chi connectivity index (χ4v) is 2.81. The number of rotatable bonds is 5. The molecule has 0 unspecified atom stereocenters. The van der Waals surface area contributed by atoms with Crippen LogP contribution in [0, 0.1) is 0 Å². The maximum atomic E-state index is 12.0. The third-order valence-corrected chi connectivity index (χ3v) is 4.33. The summed E-state index contributed by atoms with van der Waals surface area (Å²) in [6.07, 6.45) is 0.998. The molecular weight excluding hydrogens is 280 g/mol. The first-order valence-corrected chi connectivity index (χ1v) is 8.12. The predicted molar refractivity (Wildman–Crippen MR) is 88.7 cm³/mol. The first-order valence-electron chi connectivity index (χ1n) is 7.24. The quantitative estimate of drug-likeness (QED) is 0.737. The van der Waals surface area contributed by atoms with Gasteiger partial charge in [-0.05, 0) is 40.5 Å². The van der Waals surface area contributed by atoms with Gasteiger partial charge in [-0.15, -0.1) is 11.3 Å². The molecule has 0 saturated heterocycles. The Morgan fingerprint density at radius 1 is 1.24 bits per heavy atom. The van der Waals surface area contributed by atoms with Gasteiger partial charge in [0.05, 0.1) is 4.88 Å². The number of carbonyl (C=O) groups excluding carboxylic acids is 1. The lowest BCUT2D eigenvalue weighted by Crippen LogP contribution is -2.17. The van der Waals surface area contributed by atoms with E-state index in [0.29, 0.717) is 0 Å². The minimum atomic E-state index is -0.00745. The van der Waals surface area contributed by atoms with Gasteiger partial charge in [0, 0.05) is 0 Å². The maximum Gasteiger partial charge on any atom is 0.210 e. The number of ether oxygens (including phenoxy) is 1. The normalized spacial score (nSPS) is 11.4. The SMILES string of the molecule is CCc1ccc(OCC(=O)c2cccs2)c(C(C)(C)C)c1. The monoisotopic (exact) mass is 302 g/mol. The number of carbonyl (C=O) groups is 1. The molecule has 112 valence electrons. The van der Waals surface area contributed by atoms with E-state index in [0.717, 1.165) is 22.6 Å². The molecule has 0 fully saturated rings. The van der Waals surface area contributed by atoms with E-state index in [1.165, 1.54) is 16.9 Å². The molecule has 0 N–H and O–H groups in total. The van der Waals surface area contributed by atoms with Crippen LogP contribution in [-0.4, -0.2) is 12.4 Å². The van der Waals surface area contributed by atoms with Crippen LogP contribution in [0.25, 0.3) is 0 Å². The van der Waals surface area contributed by atoms with E-state index >= 15 is 0 Å². The Balaban J connectivity index is 2.18. The van der Waals surface area contributed by atoms with Gasteiger partial charge < -0.3 is 4.74 Å². The van der Waals surface area contributed by atoms with Crippen LogP contribution in [0.2, 0.25) is 0 Å². The van der Waals surface area contributed by atoms with Gasteiger partial charge in [-0.25, -0.2) is 0 Å². The molecule has 1 heterocycles. The fourth-order valence-electron chi connectivity index (χ4n) is 2.16. The maximum absolute atomic E-state index is 12.0. The average Bonchev–Trinajstić information content (AvgIpc) is 2.97. The zero-order chi connectivity index (χ0) is 15.5. The molecular formula is C18H22O2S. The Morgan fingerprint density at radius 3 is 2.57 bits per heavy atom. The number of hydrogen-bond donors (Lipinski definition) is 0. The minimum Gasteiger partial charge on any atom is -0.485 e. The van der Waals surface area contributed by atoms with E-state index in [9.17, 15) is 4.79 Å². The summed E-state index contributed by atoms with van der Waals surface area (Å²) in [6, 6.07) is 9.96. The highest BCUT2D eigenvalue weighted by molar-refractivity contribution is 7.12. The molecule has 1 aromatic heterocycles. The molecule has 0 aliphatic heterocycles. The number of thiophene rings is 1. The van der Waals surface area contributed by atoms with E-state index in [1.54, 1.807) is 0 Å². The smallest absolute Gasteiger partial charge is 0.210 e. The predicted octanol–water partition coefficient (Wildman–Crippen LogP) is 4.87. The van der Waals surface area contributed by atoms with Crippen molar-refractivity contribution in [2.24, 2.45) is 0 Å². The molecule has 0 radical (unpaired) electrons. The van der Waals surface area contributed by atoms with Gasteiger partial charge in [0.25, 0.3) is 0 Å². The number of ketones is 1. The first kappa shape index (κ1) is 15.8. The summed E-state index contributed by atoms with van der Waals surface area (Å²) in [4.78, 5) is 12.8. The second-order valence-corrected chi connectivity index (χ2v) is 7.07. The summed E-state index contributed by atoms with van der Waals surface area (Å²) in [5.74, 6) is 0.842. The lowest BCUT2D eigenvalue weighted by atomic mass is 9.85. The Bertz CT molecular complexity index is 607. The highest BCUT2D eigenvalue weighted by Crippen LogP contribution is 2.32. The van der Waals surface area contributed by atoms with Crippen LogP contribution in [-0.2, 0) is 11.8 Å². The van der Waals surface area contributed by atoms with Crippen LogP contribution in [0.5, 0.6) is 5.75 Å². The first-order chi connectivity index (χ1) is 9.91. The van der Waals surface area contributed by atoms with Crippen LogP contribution in [0.15, 0.2) is 35.7 Å². The standard InChI is InChI=1S/C18H22O2S/c1-5-13-8-9-16(14(11-13)18(2,3)4)20-12-15(19)17-7-6-10-21-17/h6-11H,5,12H2,1-4H3. The molecule has 0 spiro atoms. The van der Waals surface area contributed by atoms with Crippen molar-refractivity contribution in [2.45, 2.75) is 39.5 Å². The van der Waals surface area contributed by atoms with Crippen molar-refractivity contribution in [1.29, 1.82) is 0 Å². The van der Waals surface area contributed by atoms with Crippen molar-refractivity contribution in [1.82, 2.24) is 0 Å². The largest absolute Gasteiger partial charge is 0.485 e. The van der Waals surface area contributed by atoms with Gasteiger partial charge in [0.1, 0.15) is 5.75 Å². The van der Waals surface area contributed by atoms with Gasteiger partial charge >= 0.3 is 0 Å². The summed E-state index contributed by atoms with van der Waals surface area (Å²) in [7, 11) is 0. The zero-order valence-corrected chi connectivity index (χ0v) is 13.9. The topological polar surface area (TPSA) is 26.3 Å². The highest BCUT2D eigenvalue weighted by atomic mass is 32.1. The number of hydrogen-bond acceptors (Lipinski definition) is 3. The Hall–Kier alpha value is -1.61. The summed E-state index contributed by atoms with van der Waals surface area (Å²) >= 11 is 1.45. The van der Waals surface area contributed by atoms with Crippen LogP contribution >= 0.6 is 11.3 Å². The molecule has 0 amide bonds. The number of aryl methyl sites for hydroxylation is 1. The molecule has 2 rings (SSSR count). The summed E-state index contributed by atoms with van der Waals surface area (Å²) in [5.41, 5.74) is 2.43. The van der Waals surface area contributed by atoms with E-state index in [4.69, 9.17) is 4.74 Å². The van der Waals surface area contributed by atoms with Crippen LogP contribution in [0.1, 0.15) is 48.5 Å². The zero-order valence-electron chi connectivity index (χ0n) is 13.1. The van der Waals surface area contributed by atoms with Crippen molar-refractivity contribution in [3.63, 3.8) is 0 Å². The molecule has 3 heteroatoms. The van der Waals surface area contributed by atoms with Crippen LogP contribution in [0.4, 0.5) is 0 Å². The second-order valence-electron chi connectivity index (χ2n) is 6.12. The molecule has 0 atom stereocenters. The molecule has 1 aromatic carbocycles. The van der Waals surface area contributed by atoms with Crippen molar-refractivity contribution in [3.8, 4) is 5.75 Å². The van der Waals surface area contributed by atoms with Gasteiger partial charge in [0.15, 0.2) is 6.61 Å². The molecule has 0 aliphatic rings. The Morgan fingerprint density at radius 2 is 2.00 bits per heavy atom. The third kappa shape index (κ3) is 3.94. The highest BCUT2D eigenvalue weighted by Gasteiger charge is 2.20. The molecule has 2 aromatic rings. The third-order valence-electron chi connectivity index (χ3n) is 3.42. The molecule has 21 heavy (non-hydrogen) atoms. The summed E-state index contributed by atoms with van der Waals surface area (Å²) < 4.78 is 5.81. The minimum absolute atomic E-state index is 0.00745. The lowest BCUT2D eigenvalue weighted by molar-refractivity contribution is 0.0924. The fraction of sp³-hybridized carbons (Fsp3) is 0.389. The lowest BCUT2D eigenvalue weighted by Gasteiger charge is -2.23. The van der Waals surface area contributed by atoms with Crippen LogP contribution in [0.3, 0.4) is 0 Å². The Kier molecular flexibility index (Phi) is 4.84. The van der Waals surface area contributed by atoms with Crippen molar-refractivity contribution >= 4 is 17.1 Å². The van der Waals surface area contributed by atoms with E-state index in [1.807, 2.05) is 23.6 Å². The van der Waals surface area contributed by atoms with Crippen LogP contribution < -0.4 is 4.74 Å². The van der Waals surface area contributed by atoms with Gasteiger partial charge in [-0.1, -0.05) is 45.9 Å². The molecule has 0 bridgehead atoms. The molecule has 0 aliphatic carbocycles. The number of benzene rings is 1. The van der Waals surface area contributed by atoms with Crippen molar-refractivity contribution in [3.05, 3.63) is 51.7 Å².